The summed E-state index contributed by atoms with van der Waals surface area (Å²) in [7, 11) is -2.72. The average molecular weight is 541 g/mol. The fourth-order valence-electron chi connectivity index (χ4n) is 4.27. The van der Waals surface area contributed by atoms with Crippen LogP contribution in [0.5, 0.6) is 5.75 Å². The molecule has 2 aromatic carbocycles. The van der Waals surface area contributed by atoms with Gasteiger partial charge in [-0.15, -0.1) is 11.3 Å². The second-order valence-corrected chi connectivity index (χ2v) is 11.5. The summed E-state index contributed by atoms with van der Waals surface area (Å²) >= 11 is 0.957. The largest absolute Gasteiger partial charge is 0.495 e. The molecular weight excluding hydrogens is 517 g/mol. The molecule has 0 amide bonds. The maximum absolute atomic E-state index is 12.9. The zero-order valence-corrected chi connectivity index (χ0v) is 20.7. The monoisotopic (exact) mass is 540 g/mol. The van der Waals surface area contributed by atoms with Gasteiger partial charge in [-0.05, 0) is 55.4 Å². The zero-order valence-electron chi connectivity index (χ0n) is 19.1. The van der Waals surface area contributed by atoms with Gasteiger partial charge in [0.1, 0.15) is 10.8 Å². The maximum atomic E-state index is 12.9. The molecule has 4 rings (SSSR count). The topological polar surface area (TPSA) is 106 Å². The van der Waals surface area contributed by atoms with Crippen molar-refractivity contribution in [3.8, 4) is 16.3 Å². The van der Waals surface area contributed by atoms with Crippen LogP contribution in [0.4, 0.5) is 18.9 Å². The van der Waals surface area contributed by atoms with E-state index < -0.39 is 28.1 Å². The molecule has 192 valence electrons. The van der Waals surface area contributed by atoms with Gasteiger partial charge in [0.2, 0.25) is 0 Å². The number of carboxylic acids is 1. The number of hydrogen-bond donors (Lipinski definition) is 2. The zero-order chi connectivity index (χ0) is 26.1. The number of sulfonamides is 1. The van der Waals surface area contributed by atoms with Crippen molar-refractivity contribution < 1.29 is 36.2 Å². The first kappa shape index (κ1) is 26.0. The number of halogens is 3. The minimum atomic E-state index is -4.14. The number of methoxy groups -OCH3 is 1. The molecule has 0 radical (unpaired) electrons. The highest BCUT2D eigenvalue weighted by atomic mass is 32.2. The molecule has 0 atom stereocenters. The third kappa shape index (κ3) is 5.65. The predicted molar refractivity (Wildman–Crippen MR) is 129 cm³/mol. The highest BCUT2D eigenvalue weighted by Gasteiger charge is 2.41. The van der Waals surface area contributed by atoms with Crippen LogP contribution in [0.25, 0.3) is 10.6 Å². The molecule has 12 heteroatoms. The standard InChI is InChI=1S/C24H23F3N2O5S2/c1-34-20-12-17(23(30)31)8-11-19(20)29-36(32,33)21-13-28-22(35-21)16-4-2-14(3-5-16)15-6-9-18(10-7-15)24(25,26)27/h2-5,8,11-13,15,18,29H,6-7,9-10H2,1H3,(H,30,31)/t15-,18-. The van der Waals surface area contributed by atoms with E-state index in [-0.39, 0.29) is 40.0 Å². The van der Waals surface area contributed by atoms with Gasteiger partial charge in [-0.25, -0.2) is 18.2 Å². The van der Waals surface area contributed by atoms with Crippen LogP contribution in [0, 0.1) is 5.92 Å². The summed E-state index contributed by atoms with van der Waals surface area (Å²) in [6.07, 6.45) is -1.70. The van der Waals surface area contributed by atoms with Crippen molar-refractivity contribution in [2.45, 2.75) is 42.0 Å². The number of ether oxygens (including phenoxy) is 1. The number of thiazole rings is 1. The molecule has 3 aromatic rings. The smallest absolute Gasteiger partial charge is 0.391 e. The van der Waals surface area contributed by atoms with Crippen LogP contribution in [0.15, 0.2) is 52.9 Å². The van der Waals surface area contributed by atoms with Gasteiger partial charge in [-0.1, -0.05) is 24.3 Å². The average Bonchev–Trinajstić information content (AvgIpc) is 3.35. The van der Waals surface area contributed by atoms with Crippen LogP contribution in [-0.4, -0.2) is 37.8 Å². The second kappa shape index (κ2) is 10.1. The van der Waals surface area contributed by atoms with Gasteiger partial charge < -0.3 is 9.84 Å². The molecule has 1 aliphatic rings. The molecule has 0 spiro atoms. The highest BCUT2D eigenvalue weighted by Crippen LogP contribution is 2.43. The number of hydrogen-bond acceptors (Lipinski definition) is 6. The van der Waals surface area contributed by atoms with E-state index in [4.69, 9.17) is 9.84 Å². The van der Waals surface area contributed by atoms with Crippen LogP contribution in [0.2, 0.25) is 0 Å². The Morgan fingerprint density at radius 1 is 1.11 bits per heavy atom. The van der Waals surface area contributed by atoms with E-state index >= 15 is 0 Å². The predicted octanol–water partition coefficient (Wildman–Crippen LogP) is 6.15. The van der Waals surface area contributed by atoms with E-state index in [1.165, 1.54) is 31.5 Å². The molecule has 0 bridgehead atoms. The summed E-state index contributed by atoms with van der Waals surface area (Å²) in [5.41, 5.74) is 1.69. The Hall–Kier alpha value is -3.12. The Kier molecular flexibility index (Phi) is 7.28. The Balaban J connectivity index is 1.46. The van der Waals surface area contributed by atoms with Crippen molar-refractivity contribution in [1.29, 1.82) is 0 Å². The third-order valence-corrected chi connectivity index (χ3v) is 9.13. The van der Waals surface area contributed by atoms with Gasteiger partial charge in [0.15, 0.2) is 4.21 Å². The summed E-state index contributed by atoms with van der Waals surface area (Å²) in [5, 5.41) is 9.57. The lowest BCUT2D eigenvalue weighted by molar-refractivity contribution is -0.182. The first-order valence-electron chi connectivity index (χ1n) is 11.0. The summed E-state index contributed by atoms with van der Waals surface area (Å²) in [6, 6.07) is 11.1. The van der Waals surface area contributed by atoms with Gasteiger partial charge >= 0.3 is 12.1 Å². The first-order chi connectivity index (χ1) is 17.0. The molecule has 0 aliphatic heterocycles. The van der Waals surface area contributed by atoms with E-state index in [9.17, 15) is 26.4 Å². The molecule has 2 N–H and O–H groups in total. The van der Waals surface area contributed by atoms with E-state index in [0.29, 0.717) is 23.4 Å². The van der Waals surface area contributed by atoms with Gasteiger partial charge in [0.05, 0.1) is 30.5 Å². The fourth-order valence-corrected chi connectivity index (χ4v) is 6.48. The summed E-state index contributed by atoms with van der Waals surface area (Å²) in [4.78, 5) is 15.4. The number of benzene rings is 2. The lowest BCUT2D eigenvalue weighted by Gasteiger charge is -2.30. The molecule has 7 nitrogen and oxygen atoms in total. The molecular formula is C24H23F3N2O5S2. The number of carboxylic acid groups (broad SMARTS) is 1. The fraction of sp³-hybridized carbons (Fsp3) is 0.333. The van der Waals surface area contributed by atoms with E-state index in [1.807, 2.05) is 12.1 Å². The minimum Gasteiger partial charge on any atom is -0.495 e. The number of carbonyl (C=O) groups is 1. The summed E-state index contributed by atoms with van der Waals surface area (Å²) < 4.78 is 72.0. The van der Waals surface area contributed by atoms with Crippen LogP contribution in [0.3, 0.4) is 0 Å². The number of alkyl halides is 3. The van der Waals surface area contributed by atoms with Crippen LogP contribution in [0.1, 0.15) is 47.5 Å². The van der Waals surface area contributed by atoms with Crippen LogP contribution < -0.4 is 9.46 Å². The summed E-state index contributed by atoms with van der Waals surface area (Å²) in [6.45, 7) is 0. The van der Waals surface area contributed by atoms with Crippen molar-refractivity contribution in [1.82, 2.24) is 4.98 Å². The number of aromatic nitrogens is 1. The maximum Gasteiger partial charge on any atom is 0.391 e. The Morgan fingerprint density at radius 3 is 2.36 bits per heavy atom. The van der Waals surface area contributed by atoms with Gasteiger partial charge in [-0.3, -0.25) is 4.72 Å². The quantitative estimate of drug-likeness (QED) is 0.372. The van der Waals surface area contributed by atoms with E-state index in [0.717, 1.165) is 16.9 Å². The third-order valence-electron chi connectivity index (χ3n) is 6.26. The lowest BCUT2D eigenvalue weighted by atomic mass is 9.78. The molecule has 1 heterocycles. The normalized spacial score (nSPS) is 18.6. The molecule has 1 fully saturated rings. The van der Waals surface area contributed by atoms with Crippen molar-refractivity contribution in [2.75, 3.05) is 11.8 Å². The second-order valence-electron chi connectivity index (χ2n) is 8.52. The number of rotatable bonds is 7. The Labute approximate surface area is 210 Å². The molecule has 1 aromatic heterocycles. The lowest BCUT2D eigenvalue weighted by Crippen LogP contribution is -2.27. The van der Waals surface area contributed by atoms with Crippen LogP contribution >= 0.6 is 11.3 Å². The van der Waals surface area contributed by atoms with E-state index in [2.05, 4.69) is 9.71 Å². The number of anilines is 1. The first-order valence-corrected chi connectivity index (χ1v) is 13.3. The summed E-state index contributed by atoms with van der Waals surface area (Å²) in [5.74, 6) is -2.28. The highest BCUT2D eigenvalue weighted by molar-refractivity contribution is 7.94. The van der Waals surface area contributed by atoms with Crippen molar-refractivity contribution >= 4 is 33.0 Å². The molecule has 0 saturated heterocycles. The van der Waals surface area contributed by atoms with Crippen molar-refractivity contribution in [3.05, 3.63) is 59.8 Å². The molecule has 1 saturated carbocycles. The minimum absolute atomic E-state index is 0.0450. The van der Waals surface area contributed by atoms with Gasteiger partial charge in [0, 0.05) is 5.56 Å². The SMILES string of the molecule is COc1cc(C(=O)O)ccc1NS(=O)(=O)c1cnc(-c2ccc([C@H]3CC[C@H](C(F)(F)F)CC3)cc2)s1. The molecule has 1 aliphatic carbocycles. The molecule has 0 unspecified atom stereocenters. The van der Waals surface area contributed by atoms with Crippen LogP contribution in [-0.2, 0) is 10.0 Å². The number of nitrogens with one attached hydrogen (secondary N) is 1. The number of nitrogens with zero attached hydrogens (tertiary/aromatic N) is 1. The Morgan fingerprint density at radius 2 is 1.78 bits per heavy atom. The van der Waals surface area contributed by atoms with Gasteiger partial charge in [0.25, 0.3) is 10.0 Å². The van der Waals surface area contributed by atoms with E-state index in [1.54, 1.807) is 12.1 Å². The number of aromatic carboxylic acids is 1. The molecule has 36 heavy (non-hydrogen) atoms. The van der Waals surface area contributed by atoms with Gasteiger partial charge in [-0.2, -0.15) is 13.2 Å². The Bertz CT molecular complexity index is 1350. The van der Waals surface area contributed by atoms with Crippen molar-refractivity contribution in [3.63, 3.8) is 0 Å². The van der Waals surface area contributed by atoms with Crippen molar-refractivity contribution in [2.24, 2.45) is 5.92 Å².